The highest BCUT2D eigenvalue weighted by Gasteiger charge is 2.17. The predicted molar refractivity (Wildman–Crippen MR) is 85.9 cm³/mol. The van der Waals surface area contributed by atoms with Gasteiger partial charge in [-0.15, -0.1) is 0 Å². The van der Waals surface area contributed by atoms with Gasteiger partial charge in [0.05, 0.1) is 17.6 Å². The van der Waals surface area contributed by atoms with Crippen molar-refractivity contribution in [2.24, 2.45) is 11.7 Å². The molecule has 2 unspecified atom stereocenters. The lowest BCUT2D eigenvalue weighted by Crippen LogP contribution is -2.24. The molecule has 0 saturated carbocycles. The molecule has 1 aliphatic rings. The van der Waals surface area contributed by atoms with E-state index in [0.717, 1.165) is 18.0 Å². The maximum atomic E-state index is 6.02. The Morgan fingerprint density at radius 2 is 2.15 bits per heavy atom. The van der Waals surface area contributed by atoms with E-state index in [-0.39, 0.29) is 6.04 Å². The lowest BCUT2D eigenvalue weighted by molar-refractivity contribution is 0.435. The van der Waals surface area contributed by atoms with E-state index in [2.05, 4.69) is 35.9 Å². The van der Waals surface area contributed by atoms with Gasteiger partial charge in [0.1, 0.15) is 0 Å². The van der Waals surface area contributed by atoms with E-state index >= 15 is 0 Å². The van der Waals surface area contributed by atoms with Crippen LogP contribution in [0.3, 0.4) is 0 Å². The van der Waals surface area contributed by atoms with Gasteiger partial charge in [-0.1, -0.05) is 26.7 Å². The maximum absolute atomic E-state index is 6.02. The van der Waals surface area contributed by atoms with Crippen molar-refractivity contribution >= 4 is 5.69 Å². The van der Waals surface area contributed by atoms with Crippen molar-refractivity contribution in [3.8, 4) is 0 Å². The van der Waals surface area contributed by atoms with Crippen LogP contribution in [0.5, 0.6) is 0 Å². The van der Waals surface area contributed by atoms with Gasteiger partial charge in [0.15, 0.2) is 0 Å². The summed E-state index contributed by atoms with van der Waals surface area (Å²) in [5.74, 6) is 0.922. The van der Waals surface area contributed by atoms with Crippen LogP contribution in [0.2, 0.25) is 0 Å². The molecule has 2 atom stereocenters. The Balaban J connectivity index is 1.97. The first-order valence-corrected chi connectivity index (χ1v) is 8.21. The van der Waals surface area contributed by atoms with Gasteiger partial charge < -0.3 is 10.6 Å². The van der Waals surface area contributed by atoms with Crippen LogP contribution in [0.4, 0.5) is 5.69 Å². The van der Waals surface area contributed by atoms with E-state index < -0.39 is 0 Å². The number of hydrogen-bond donors (Lipinski definition) is 1. The molecule has 1 aromatic rings. The molecule has 2 heterocycles. The monoisotopic (exact) mass is 275 g/mol. The fraction of sp³-hybridized carbons (Fsp3) is 0.706. The molecular weight excluding hydrogens is 246 g/mol. The van der Waals surface area contributed by atoms with Crippen molar-refractivity contribution in [3.63, 3.8) is 0 Å². The van der Waals surface area contributed by atoms with Crippen LogP contribution >= 0.6 is 0 Å². The van der Waals surface area contributed by atoms with E-state index in [4.69, 9.17) is 5.73 Å². The summed E-state index contributed by atoms with van der Waals surface area (Å²) in [5, 5.41) is 0. The molecule has 1 fully saturated rings. The zero-order valence-corrected chi connectivity index (χ0v) is 13.0. The van der Waals surface area contributed by atoms with E-state index in [1.54, 1.807) is 0 Å². The molecule has 0 aliphatic carbocycles. The molecule has 0 amide bonds. The van der Waals surface area contributed by atoms with Gasteiger partial charge in [0, 0.05) is 19.1 Å². The molecule has 0 spiro atoms. The lowest BCUT2D eigenvalue weighted by Gasteiger charge is -2.23. The summed E-state index contributed by atoms with van der Waals surface area (Å²) in [6.07, 6.45) is 9.66. The number of aromatic nitrogens is 1. The molecule has 1 aliphatic heterocycles. The smallest absolute Gasteiger partial charge is 0.0572 e. The Morgan fingerprint density at radius 3 is 2.80 bits per heavy atom. The molecule has 20 heavy (non-hydrogen) atoms. The number of rotatable bonds is 5. The first-order valence-electron chi connectivity index (χ1n) is 8.21. The second kappa shape index (κ2) is 7.63. The van der Waals surface area contributed by atoms with Crippen molar-refractivity contribution in [2.75, 3.05) is 18.0 Å². The normalized spacial score (nSPS) is 21.6. The highest BCUT2D eigenvalue weighted by molar-refractivity contribution is 5.44. The average Bonchev–Trinajstić information content (AvgIpc) is 2.73. The van der Waals surface area contributed by atoms with Crippen molar-refractivity contribution in [3.05, 3.63) is 24.0 Å². The predicted octanol–water partition coefficient (Wildman–Crippen LogP) is 3.90. The molecule has 3 nitrogen and oxygen atoms in total. The largest absolute Gasteiger partial charge is 0.370 e. The van der Waals surface area contributed by atoms with Crippen LogP contribution in [0.1, 0.15) is 64.1 Å². The van der Waals surface area contributed by atoms with Crippen LogP contribution in [0.25, 0.3) is 0 Å². The van der Waals surface area contributed by atoms with Gasteiger partial charge >= 0.3 is 0 Å². The van der Waals surface area contributed by atoms with Gasteiger partial charge in [-0.25, -0.2) is 0 Å². The topological polar surface area (TPSA) is 42.1 Å². The van der Waals surface area contributed by atoms with Gasteiger partial charge in [-0.3, -0.25) is 4.98 Å². The van der Waals surface area contributed by atoms with Crippen LogP contribution in [0.15, 0.2) is 18.3 Å². The molecular formula is C17H29N3. The Labute approximate surface area is 123 Å². The third-order valence-corrected chi connectivity index (χ3v) is 4.50. The Morgan fingerprint density at radius 1 is 1.30 bits per heavy atom. The molecule has 2 N–H and O–H groups in total. The molecule has 2 rings (SSSR count). The Kier molecular flexibility index (Phi) is 5.84. The number of pyridine rings is 1. The van der Waals surface area contributed by atoms with Crippen molar-refractivity contribution < 1.29 is 0 Å². The molecule has 112 valence electrons. The summed E-state index contributed by atoms with van der Waals surface area (Å²) in [5.41, 5.74) is 8.29. The van der Waals surface area contributed by atoms with E-state index in [1.165, 1.54) is 50.9 Å². The summed E-state index contributed by atoms with van der Waals surface area (Å²) in [6, 6.07) is 4.36. The highest BCUT2D eigenvalue weighted by Crippen LogP contribution is 2.25. The summed E-state index contributed by atoms with van der Waals surface area (Å²) in [6.45, 7) is 6.73. The fourth-order valence-corrected chi connectivity index (χ4v) is 3.13. The third-order valence-electron chi connectivity index (χ3n) is 4.50. The number of hydrogen-bond acceptors (Lipinski definition) is 3. The molecule has 0 bridgehead atoms. The summed E-state index contributed by atoms with van der Waals surface area (Å²) >= 11 is 0. The minimum absolute atomic E-state index is 0.0714. The van der Waals surface area contributed by atoms with E-state index in [9.17, 15) is 0 Å². The Bertz CT molecular complexity index is 388. The molecule has 1 saturated heterocycles. The van der Waals surface area contributed by atoms with Crippen LogP contribution < -0.4 is 10.6 Å². The number of nitrogens with zero attached hydrogens (tertiary/aromatic N) is 2. The van der Waals surface area contributed by atoms with Gasteiger partial charge in [0.2, 0.25) is 0 Å². The molecule has 0 aromatic carbocycles. The molecule has 3 heteroatoms. The average molecular weight is 275 g/mol. The van der Waals surface area contributed by atoms with Gasteiger partial charge in [0.25, 0.3) is 0 Å². The zero-order chi connectivity index (χ0) is 14.4. The van der Waals surface area contributed by atoms with Crippen molar-refractivity contribution in [2.45, 2.75) is 58.4 Å². The molecule has 0 radical (unpaired) electrons. The molecule has 1 aromatic heterocycles. The number of anilines is 1. The van der Waals surface area contributed by atoms with Crippen LogP contribution in [-0.4, -0.2) is 18.1 Å². The van der Waals surface area contributed by atoms with Gasteiger partial charge in [-0.05, 0) is 43.7 Å². The standard InChI is InChI=1S/C17H29N3/c1-3-6-14-7-5-11-20(12-10-14)15-8-9-17(19-13-15)16(18)4-2/h8-9,13-14,16H,3-7,10-12,18H2,1-2H3. The van der Waals surface area contributed by atoms with E-state index in [1.807, 2.05) is 6.20 Å². The maximum Gasteiger partial charge on any atom is 0.0572 e. The van der Waals surface area contributed by atoms with E-state index in [0.29, 0.717) is 0 Å². The SMILES string of the molecule is CCCC1CCCN(c2ccc(C(N)CC)nc2)CC1. The van der Waals surface area contributed by atoms with Gasteiger partial charge in [-0.2, -0.15) is 0 Å². The fourth-order valence-electron chi connectivity index (χ4n) is 3.13. The first kappa shape index (κ1) is 15.3. The summed E-state index contributed by atoms with van der Waals surface area (Å²) < 4.78 is 0. The summed E-state index contributed by atoms with van der Waals surface area (Å²) in [4.78, 5) is 7.03. The third kappa shape index (κ3) is 3.95. The first-order chi connectivity index (χ1) is 9.74. The Hall–Kier alpha value is -1.09. The quantitative estimate of drug-likeness (QED) is 0.886. The summed E-state index contributed by atoms with van der Waals surface area (Å²) in [7, 11) is 0. The highest BCUT2D eigenvalue weighted by atomic mass is 15.1. The second-order valence-corrected chi connectivity index (χ2v) is 6.03. The zero-order valence-electron chi connectivity index (χ0n) is 13.0. The lowest BCUT2D eigenvalue weighted by atomic mass is 9.96. The van der Waals surface area contributed by atoms with Crippen molar-refractivity contribution in [1.29, 1.82) is 0 Å². The van der Waals surface area contributed by atoms with Crippen LogP contribution in [-0.2, 0) is 0 Å². The van der Waals surface area contributed by atoms with Crippen molar-refractivity contribution in [1.82, 2.24) is 4.98 Å². The number of nitrogens with two attached hydrogens (primary N) is 1. The minimum Gasteiger partial charge on any atom is -0.370 e. The second-order valence-electron chi connectivity index (χ2n) is 6.03. The van der Waals surface area contributed by atoms with Crippen LogP contribution in [0, 0.1) is 5.92 Å². The minimum atomic E-state index is 0.0714.